The van der Waals surface area contributed by atoms with Crippen molar-refractivity contribution in [3.63, 3.8) is 0 Å². The van der Waals surface area contributed by atoms with Gasteiger partial charge in [-0.2, -0.15) is 0 Å². The highest BCUT2D eigenvalue weighted by Crippen LogP contribution is 2.40. The molecule has 20 heavy (non-hydrogen) atoms. The summed E-state index contributed by atoms with van der Waals surface area (Å²) < 4.78 is 14.0. The summed E-state index contributed by atoms with van der Waals surface area (Å²) in [5, 5.41) is 3.18. The van der Waals surface area contributed by atoms with Gasteiger partial charge in [-0.25, -0.2) is 4.39 Å². The first kappa shape index (κ1) is 13.9. The van der Waals surface area contributed by atoms with Crippen LogP contribution >= 0.6 is 11.8 Å². The van der Waals surface area contributed by atoms with Crippen molar-refractivity contribution in [2.24, 2.45) is 5.92 Å². The minimum Gasteiger partial charge on any atom is -0.325 e. The number of piperidine rings is 1. The van der Waals surface area contributed by atoms with Crippen LogP contribution in [0.15, 0.2) is 24.3 Å². The van der Waals surface area contributed by atoms with Crippen molar-refractivity contribution in [2.75, 3.05) is 25.4 Å². The van der Waals surface area contributed by atoms with Crippen LogP contribution in [0.2, 0.25) is 0 Å². The van der Waals surface area contributed by atoms with E-state index in [4.69, 9.17) is 0 Å². The van der Waals surface area contributed by atoms with E-state index < -0.39 is 0 Å². The molecule has 0 bridgehead atoms. The van der Waals surface area contributed by atoms with Crippen LogP contribution in [-0.4, -0.2) is 36.2 Å². The van der Waals surface area contributed by atoms with Crippen molar-refractivity contribution >= 4 is 17.7 Å². The molecule has 2 aliphatic rings. The van der Waals surface area contributed by atoms with Gasteiger partial charge < -0.3 is 10.2 Å². The van der Waals surface area contributed by atoms with Crippen LogP contribution < -0.4 is 5.32 Å². The molecule has 0 saturated carbocycles. The molecule has 0 aliphatic carbocycles. The van der Waals surface area contributed by atoms with Crippen LogP contribution in [0.25, 0.3) is 0 Å². The largest absolute Gasteiger partial charge is 0.325 e. The zero-order chi connectivity index (χ0) is 13.9. The predicted molar refractivity (Wildman–Crippen MR) is 78.9 cm³/mol. The van der Waals surface area contributed by atoms with Crippen molar-refractivity contribution in [1.29, 1.82) is 0 Å². The highest BCUT2D eigenvalue weighted by molar-refractivity contribution is 8.00. The third kappa shape index (κ3) is 2.83. The van der Waals surface area contributed by atoms with E-state index >= 15 is 0 Å². The summed E-state index contributed by atoms with van der Waals surface area (Å²) in [5.74, 6) is 0.925. The highest BCUT2D eigenvalue weighted by atomic mass is 32.2. The average Bonchev–Trinajstić information content (AvgIpc) is 2.82. The monoisotopic (exact) mass is 294 g/mol. The first-order valence-electron chi connectivity index (χ1n) is 7.12. The fourth-order valence-electron chi connectivity index (χ4n) is 2.93. The van der Waals surface area contributed by atoms with E-state index in [1.54, 1.807) is 12.1 Å². The molecule has 2 saturated heterocycles. The molecule has 1 N–H and O–H groups in total. The SMILES string of the molecule is O=C1CS[C@@H](c2ccccc2F)N1CC1CCNCC1. The van der Waals surface area contributed by atoms with Gasteiger partial charge in [0, 0.05) is 12.1 Å². The first-order valence-corrected chi connectivity index (χ1v) is 8.17. The van der Waals surface area contributed by atoms with Crippen molar-refractivity contribution in [2.45, 2.75) is 18.2 Å². The van der Waals surface area contributed by atoms with E-state index in [1.165, 1.54) is 17.8 Å². The number of carbonyl (C=O) groups is 1. The van der Waals surface area contributed by atoms with Gasteiger partial charge in [-0.1, -0.05) is 18.2 Å². The fraction of sp³-hybridized carbons (Fsp3) is 0.533. The van der Waals surface area contributed by atoms with Gasteiger partial charge in [0.05, 0.1) is 5.75 Å². The number of halogens is 1. The second-order valence-electron chi connectivity index (χ2n) is 5.42. The maximum Gasteiger partial charge on any atom is 0.233 e. The minimum atomic E-state index is -0.213. The van der Waals surface area contributed by atoms with Crippen molar-refractivity contribution < 1.29 is 9.18 Å². The summed E-state index contributed by atoms with van der Waals surface area (Å²) >= 11 is 1.54. The Hall–Kier alpha value is -1.07. The van der Waals surface area contributed by atoms with Gasteiger partial charge in [-0.3, -0.25) is 4.79 Å². The lowest BCUT2D eigenvalue weighted by atomic mass is 9.97. The summed E-state index contributed by atoms with van der Waals surface area (Å²) in [6.45, 7) is 2.79. The summed E-state index contributed by atoms with van der Waals surface area (Å²) in [6.07, 6.45) is 2.19. The Kier molecular flexibility index (Phi) is 4.27. The molecular weight excluding hydrogens is 275 g/mol. The third-order valence-corrected chi connectivity index (χ3v) is 5.29. The Morgan fingerprint density at radius 2 is 2.05 bits per heavy atom. The zero-order valence-electron chi connectivity index (χ0n) is 11.3. The number of hydrogen-bond donors (Lipinski definition) is 1. The number of rotatable bonds is 3. The molecule has 1 aromatic carbocycles. The number of benzene rings is 1. The molecule has 2 heterocycles. The third-order valence-electron chi connectivity index (χ3n) is 4.05. The van der Waals surface area contributed by atoms with E-state index in [0.29, 0.717) is 17.2 Å². The lowest BCUT2D eigenvalue weighted by Gasteiger charge is -2.31. The van der Waals surface area contributed by atoms with Crippen molar-refractivity contribution in [1.82, 2.24) is 10.2 Å². The Balaban J connectivity index is 1.76. The average molecular weight is 294 g/mol. The van der Waals surface area contributed by atoms with Gasteiger partial charge in [0.15, 0.2) is 0 Å². The van der Waals surface area contributed by atoms with E-state index in [0.717, 1.165) is 32.5 Å². The first-order chi connectivity index (χ1) is 9.75. The molecule has 0 radical (unpaired) electrons. The molecule has 108 valence electrons. The Bertz CT molecular complexity index is 491. The molecule has 3 rings (SSSR count). The topological polar surface area (TPSA) is 32.3 Å². The summed E-state index contributed by atoms with van der Waals surface area (Å²) in [4.78, 5) is 14.0. The standard InChI is InChI=1S/C15H19FN2OS/c16-13-4-2-1-3-12(13)15-18(14(19)10-20-15)9-11-5-7-17-8-6-11/h1-4,11,15,17H,5-10H2/t15-/m0/s1. The van der Waals surface area contributed by atoms with Gasteiger partial charge >= 0.3 is 0 Å². The molecule has 1 atom stereocenters. The summed E-state index contributed by atoms with van der Waals surface area (Å²) in [6, 6.07) is 6.80. The van der Waals surface area contributed by atoms with Crippen LogP contribution in [0.3, 0.4) is 0 Å². The van der Waals surface area contributed by atoms with Crippen LogP contribution in [0.5, 0.6) is 0 Å². The molecule has 2 aliphatic heterocycles. The molecule has 0 unspecified atom stereocenters. The number of thioether (sulfide) groups is 1. The lowest BCUT2D eigenvalue weighted by molar-refractivity contribution is -0.128. The maximum absolute atomic E-state index is 14.0. The van der Waals surface area contributed by atoms with Crippen LogP contribution in [0.4, 0.5) is 4.39 Å². The normalized spacial score (nSPS) is 24.4. The Morgan fingerprint density at radius 3 is 2.80 bits per heavy atom. The van der Waals surface area contributed by atoms with Gasteiger partial charge in [0.1, 0.15) is 11.2 Å². The minimum absolute atomic E-state index is 0.141. The van der Waals surface area contributed by atoms with Crippen molar-refractivity contribution in [3.8, 4) is 0 Å². The number of carbonyl (C=O) groups excluding carboxylic acids is 1. The second-order valence-corrected chi connectivity index (χ2v) is 6.49. The van der Waals surface area contributed by atoms with E-state index in [-0.39, 0.29) is 17.1 Å². The number of hydrogen-bond acceptors (Lipinski definition) is 3. The molecule has 1 aromatic rings. The lowest BCUT2D eigenvalue weighted by Crippen LogP contribution is -2.38. The predicted octanol–water partition coefficient (Wildman–Crippen LogP) is 2.40. The maximum atomic E-state index is 14.0. The van der Waals surface area contributed by atoms with Gasteiger partial charge in [0.25, 0.3) is 0 Å². The van der Waals surface area contributed by atoms with E-state index in [1.807, 2.05) is 11.0 Å². The Labute approximate surface area is 122 Å². The fourth-order valence-corrected chi connectivity index (χ4v) is 4.15. The van der Waals surface area contributed by atoms with Crippen molar-refractivity contribution in [3.05, 3.63) is 35.6 Å². The van der Waals surface area contributed by atoms with Gasteiger partial charge in [0.2, 0.25) is 5.91 Å². The van der Waals surface area contributed by atoms with Crippen LogP contribution in [-0.2, 0) is 4.79 Å². The Morgan fingerprint density at radius 1 is 1.30 bits per heavy atom. The molecule has 0 spiro atoms. The molecule has 2 fully saturated rings. The number of nitrogens with one attached hydrogen (secondary N) is 1. The zero-order valence-corrected chi connectivity index (χ0v) is 12.2. The van der Waals surface area contributed by atoms with Gasteiger partial charge in [-0.05, 0) is 37.9 Å². The molecule has 5 heteroatoms. The highest BCUT2D eigenvalue weighted by Gasteiger charge is 2.35. The summed E-state index contributed by atoms with van der Waals surface area (Å²) in [5.41, 5.74) is 0.636. The summed E-state index contributed by atoms with van der Waals surface area (Å²) in [7, 11) is 0. The van der Waals surface area contributed by atoms with E-state index in [9.17, 15) is 9.18 Å². The molecular formula is C15H19FN2OS. The quantitative estimate of drug-likeness (QED) is 0.929. The number of amides is 1. The molecule has 3 nitrogen and oxygen atoms in total. The van der Waals surface area contributed by atoms with Gasteiger partial charge in [-0.15, -0.1) is 11.8 Å². The van der Waals surface area contributed by atoms with E-state index in [2.05, 4.69) is 5.32 Å². The smallest absolute Gasteiger partial charge is 0.233 e. The van der Waals surface area contributed by atoms with Crippen LogP contribution in [0, 0.1) is 11.7 Å². The van der Waals surface area contributed by atoms with Crippen LogP contribution in [0.1, 0.15) is 23.8 Å². The number of nitrogens with zero attached hydrogens (tertiary/aromatic N) is 1. The second kappa shape index (κ2) is 6.14. The molecule has 1 amide bonds. The molecule has 0 aromatic heterocycles.